The Labute approximate surface area is 183 Å². The second-order valence-electron chi connectivity index (χ2n) is 7.07. The van der Waals surface area contributed by atoms with Crippen LogP contribution in [0.3, 0.4) is 0 Å². The van der Waals surface area contributed by atoms with Crippen LogP contribution in [0.4, 0.5) is 0 Å². The van der Waals surface area contributed by atoms with E-state index in [1.165, 1.54) is 51.9 Å². The van der Waals surface area contributed by atoms with Crippen LogP contribution in [-0.4, -0.2) is 6.61 Å². The summed E-state index contributed by atoms with van der Waals surface area (Å²) in [5.74, 6) is 0.488. The highest BCUT2D eigenvalue weighted by molar-refractivity contribution is 9.28. The van der Waals surface area contributed by atoms with Gasteiger partial charge >= 0.3 is 0 Å². The Bertz CT molecular complexity index is 1060. The molecule has 0 saturated carbocycles. The van der Waals surface area contributed by atoms with Gasteiger partial charge in [0.05, 0.1) is 9.65 Å². The van der Waals surface area contributed by atoms with E-state index < -0.39 is 0 Å². The average molecular weight is 498 g/mol. The molecule has 0 bridgehead atoms. The van der Waals surface area contributed by atoms with E-state index in [1.54, 1.807) is 6.26 Å². The summed E-state index contributed by atoms with van der Waals surface area (Å²) in [5, 5.41) is 5.47. The van der Waals surface area contributed by atoms with E-state index in [2.05, 4.69) is 86.5 Å². The molecule has 5 rings (SSSR count). The number of fused-ring (bicyclic) bond motifs is 5. The maximum atomic E-state index is 4.80. The van der Waals surface area contributed by atoms with Gasteiger partial charge in [0, 0.05) is 5.92 Å². The van der Waals surface area contributed by atoms with Crippen LogP contribution in [0.25, 0.3) is 21.5 Å². The molecule has 1 atom stereocenters. The molecular weight excluding hydrogens is 476 g/mol. The van der Waals surface area contributed by atoms with Crippen molar-refractivity contribution in [3.05, 3.63) is 93.6 Å². The summed E-state index contributed by atoms with van der Waals surface area (Å²) in [4.78, 5) is 0. The molecule has 0 amide bonds. The molecule has 0 saturated heterocycles. The van der Waals surface area contributed by atoms with Crippen molar-refractivity contribution in [2.24, 2.45) is 0 Å². The van der Waals surface area contributed by atoms with Crippen molar-refractivity contribution in [2.75, 3.05) is 6.61 Å². The van der Waals surface area contributed by atoms with Gasteiger partial charge in [0.25, 0.3) is 0 Å². The van der Waals surface area contributed by atoms with Crippen LogP contribution in [0.2, 0.25) is 0 Å². The molecule has 3 aromatic rings. The van der Waals surface area contributed by atoms with Gasteiger partial charge in [-0.3, -0.25) is 0 Å². The number of rotatable bonds is 1. The van der Waals surface area contributed by atoms with Gasteiger partial charge in [0.2, 0.25) is 0 Å². The Kier molecular flexibility index (Phi) is 6.33. The average Bonchev–Trinajstić information content (AvgIpc) is 2.74. The van der Waals surface area contributed by atoms with Crippen LogP contribution >= 0.6 is 31.9 Å². The normalized spacial score (nSPS) is 17.4. The maximum absolute atomic E-state index is 4.80. The number of halogens is 2. The minimum absolute atomic E-state index is 0.488. The Morgan fingerprint density at radius 3 is 2.50 bits per heavy atom. The molecule has 0 radical (unpaired) electrons. The first-order valence-corrected chi connectivity index (χ1v) is 11.2. The number of benzene rings is 3. The zero-order valence-corrected chi connectivity index (χ0v) is 18.7. The highest BCUT2D eigenvalue weighted by Crippen LogP contribution is 2.41. The monoisotopic (exact) mass is 496 g/mol. The molecule has 0 fully saturated rings. The molecule has 1 nitrogen and oxygen atoms in total. The van der Waals surface area contributed by atoms with Gasteiger partial charge in [-0.25, -0.2) is 0 Å². The smallest absolute Gasteiger partial charge is 0.106 e. The van der Waals surface area contributed by atoms with Crippen LogP contribution in [0.15, 0.2) is 82.5 Å². The van der Waals surface area contributed by atoms with E-state index in [9.17, 15) is 0 Å². The molecule has 0 aromatic heterocycles. The molecule has 28 heavy (non-hydrogen) atoms. The van der Waals surface area contributed by atoms with Gasteiger partial charge in [-0.1, -0.05) is 60.7 Å². The van der Waals surface area contributed by atoms with Gasteiger partial charge in [0.15, 0.2) is 0 Å². The van der Waals surface area contributed by atoms with Gasteiger partial charge in [-0.05, 0) is 95.9 Å². The van der Waals surface area contributed by atoms with E-state index in [1.807, 2.05) is 18.2 Å². The Hall–Kier alpha value is -1.84. The number of hydrogen-bond acceptors (Lipinski definition) is 1. The highest BCUT2D eigenvalue weighted by atomic mass is 79.9. The van der Waals surface area contributed by atoms with E-state index >= 15 is 0 Å². The molecule has 2 aliphatic rings. The summed E-state index contributed by atoms with van der Waals surface area (Å²) in [7, 11) is 0. The lowest BCUT2D eigenvalue weighted by Crippen LogP contribution is -2.08. The minimum Gasteiger partial charge on any atom is -0.497 e. The van der Waals surface area contributed by atoms with E-state index in [0.717, 1.165) is 10.00 Å². The lowest BCUT2D eigenvalue weighted by molar-refractivity contribution is 0.286. The first-order chi connectivity index (χ1) is 13.7. The molecule has 3 aromatic carbocycles. The largest absolute Gasteiger partial charge is 0.497 e. The third-order valence-electron chi connectivity index (χ3n) is 5.33. The van der Waals surface area contributed by atoms with Gasteiger partial charge in [-0.2, -0.15) is 0 Å². The first-order valence-electron chi connectivity index (χ1n) is 9.63. The predicted octanol–water partition coefficient (Wildman–Crippen LogP) is 8.13. The lowest BCUT2D eigenvalue weighted by atomic mass is 9.79. The molecule has 0 spiro atoms. The third-order valence-corrected chi connectivity index (χ3v) is 5.86. The summed E-state index contributed by atoms with van der Waals surface area (Å²) in [6.45, 7) is 0.733. The predicted molar refractivity (Wildman–Crippen MR) is 127 cm³/mol. The van der Waals surface area contributed by atoms with Crippen molar-refractivity contribution in [3.8, 4) is 0 Å². The topological polar surface area (TPSA) is 9.23 Å². The molecule has 0 N–H and O–H groups in total. The van der Waals surface area contributed by atoms with E-state index in [-0.39, 0.29) is 0 Å². The lowest BCUT2D eigenvalue weighted by Gasteiger charge is -2.25. The van der Waals surface area contributed by atoms with Crippen LogP contribution in [-0.2, 0) is 11.2 Å². The number of hydrogen-bond donors (Lipinski definition) is 0. The first kappa shape index (κ1) is 19.5. The van der Waals surface area contributed by atoms with Crippen molar-refractivity contribution < 1.29 is 4.74 Å². The summed E-state index contributed by atoms with van der Waals surface area (Å²) in [6, 6.07) is 17.9. The fraction of sp³-hybridized carbons (Fsp3) is 0.200. The number of allylic oxidation sites excluding steroid dienone is 3. The van der Waals surface area contributed by atoms with Crippen LogP contribution in [0.5, 0.6) is 0 Å². The second-order valence-corrected chi connectivity index (χ2v) is 9.84. The second kappa shape index (κ2) is 9.11. The van der Waals surface area contributed by atoms with E-state index in [0.29, 0.717) is 5.92 Å². The zero-order chi connectivity index (χ0) is 19.3. The third kappa shape index (κ3) is 4.26. The minimum atomic E-state index is 0.488. The molecule has 1 aliphatic carbocycles. The molecule has 1 heterocycles. The van der Waals surface area contributed by atoms with Crippen molar-refractivity contribution in [1.82, 2.24) is 0 Å². The molecule has 142 valence electrons. The number of ether oxygens (including phenoxy) is 1. The van der Waals surface area contributed by atoms with Gasteiger partial charge < -0.3 is 4.74 Å². The standard InChI is InChI=1S/C20H16Br2.C5H6O/c21-19(22)12-15-6-3-5-14-9-10-17-16-7-2-1-4-13(16)8-11-18(17)20(14)15;1-2-4-6-5-3-1/h1-2,4,7-12,15H,3,5-6H2;1-4H,5H2. The fourth-order valence-corrected chi connectivity index (χ4v) is 4.77. The Morgan fingerprint density at radius 1 is 0.929 bits per heavy atom. The molecule has 3 heteroatoms. The zero-order valence-electron chi connectivity index (χ0n) is 15.6. The van der Waals surface area contributed by atoms with Crippen LogP contribution in [0.1, 0.15) is 29.9 Å². The van der Waals surface area contributed by atoms with Gasteiger partial charge in [-0.15, -0.1) is 0 Å². The number of aryl methyl sites for hydroxylation is 1. The summed E-state index contributed by atoms with van der Waals surface area (Å²) >= 11 is 7.09. The highest BCUT2D eigenvalue weighted by Gasteiger charge is 2.21. The molecular formula is C25H22Br2O. The Morgan fingerprint density at radius 2 is 1.79 bits per heavy atom. The summed E-state index contributed by atoms with van der Waals surface area (Å²) in [5.41, 5.74) is 3.03. The van der Waals surface area contributed by atoms with Crippen molar-refractivity contribution in [3.63, 3.8) is 0 Å². The van der Waals surface area contributed by atoms with Gasteiger partial charge in [0.1, 0.15) is 6.61 Å². The van der Waals surface area contributed by atoms with E-state index in [4.69, 9.17) is 4.74 Å². The fourth-order valence-electron chi connectivity index (χ4n) is 4.13. The summed E-state index contributed by atoms with van der Waals surface area (Å²) < 4.78 is 5.85. The van der Waals surface area contributed by atoms with Crippen molar-refractivity contribution in [1.29, 1.82) is 0 Å². The van der Waals surface area contributed by atoms with Crippen molar-refractivity contribution in [2.45, 2.75) is 25.2 Å². The maximum Gasteiger partial charge on any atom is 0.106 e. The van der Waals surface area contributed by atoms with Crippen LogP contribution < -0.4 is 0 Å². The molecule has 1 unspecified atom stereocenters. The quantitative estimate of drug-likeness (QED) is 0.308. The molecule has 1 aliphatic heterocycles. The summed E-state index contributed by atoms with van der Waals surface area (Å²) in [6.07, 6.45) is 13.4. The Balaban J connectivity index is 0.000000275. The van der Waals surface area contributed by atoms with Crippen LogP contribution in [0, 0.1) is 0 Å². The SMILES string of the molecule is BrC(Br)=CC1CCCc2ccc3c(ccc4ccccc43)c21.C1=CCOC=C1. The van der Waals surface area contributed by atoms with Crippen molar-refractivity contribution >= 4 is 53.4 Å².